The van der Waals surface area contributed by atoms with Crippen LogP contribution in [-0.4, -0.2) is 81.5 Å². The van der Waals surface area contributed by atoms with Crippen LogP contribution in [0.2, 0.25) is 0 Å². The van der Waals surface area contributed by atoms with E-state index in [-0.39, 0.29) is 24.4 Å². The number of thioether (sulfide) groups is 1. The number of amides is 2. The maximum absolute atomic E-state index is 12.4. The van der Waals surface area contributed by atoms with Crippen LogP contribution >= 0.6 is 11.8 Å². The molecule has 0 aliphatic carbocycles. The smallest absolute Gasteiger partial charge is 0.246 e. The molecule has 25 heavy (non-hydrogen) atoms. The fraction of sp³-hybridized carbons (Fsp3) is 0.647. The number of aromatic nitrogens is 2. The van der Waals surface area contributed by atoms with Gasteiger partial charge < -0.3 is 9.80 Å². The number of carbonyl (C=O) groups is 2. The van der Waals surface area contributed by atoms with E-state index in [9.17, 15) is 9.59 Å². The Balaban J connectivity index is 1.57. The van der Waals surface area contributed by atoms with Crippen LogP contribution < -0.4 is 0 Å². The van der Waals surface area contributed by atoms with E-state index in [0.717, 1.165) is 23.0 Å². The number of hydrogen-bond donors (Lipinski definition) is 0. The third-order valence-electron chi connectivity index (χ3n) is 4.64. The molecule has 2 fully saturated rings. The van der Waals surface area contributed by atoms with Crippen molar-refractivity contribution in [2.24, 2.45) is 0 Å². The standard InChI is InChI=1S/C17H25N5O2S/c1-3-4-7-25-17-18-8-13(9-19-17)10-21-5-6-22-14(11-21)16(24)20(2)12-15(22)23/h8-9,14H,3-7,10-12H2,1-2H3. The molecule has 3 rings (SSSR count). The largest absolute Gasteiger partial charge is 0.335 e. The van der Waals surface area contributed by atoms with Crippen LogP contribution in [0.3, 0.4) is 0 Å². The van der Waals surface area contributed by atoms with Crippen LogP contribution in [0, 0.1) is 0 Å². The van der Waals surface area contributed by atoms with E-state index >= 15 is 0 Å². The lowest BCUT2D eigenvalue weighted by molar-refractivity contribution is -0.158. The van der Waals surface area contributed by atoms with Gasteiger partial charge in [0.15, 0.2) is 5.16 Å². The van der Waals surface area contributed by atoms with Crippen LogP contribution in [0.4, 0.5) is 0 Å². The summed E-state index contributed by atoms with van der Waals surface area (Å²) in [4.78, 5) is 38.7. The van der Waals surface area contributed by atoms with Gasteiger partial charge in [-0.2, -0.15) is 0 Å². The molecule has 0 N–H and O–H groups in total. The molecule has 8 heteroatoms. The molecule has 3 heterocycles. The molecule has 1 aromatic rings. The summed E-state index contributed by atoms with van der Waals surface area (Å²) in [6.45, 7) is 5.02. The summed E-state index contributed by atoms with van der Waals surface area (Å²) in [6, 6.07) is -0.357. The Labute approximate surface area is 152 Å². The topological polar surface area (TPSA) is 69.6 Å². The van der Waals surface area contributed by atoms with E-state index < -0.39 is 0 Å². The van der Waals surface area contributed by atoms with Gasteiger partial charge >= 0.3 is 0 Å². The van der Waals surface area contributed by atoms with Crippen molar-refractivity contribution in [2.75, 3.05) is 39.0 Å². The molecule has 0 saturated carbocycles. The van der Waals surface area contributed by atoms with Gasteiger partial charge in [0, 0.05) is 56.9 Å². The lowest BCUT2D eigenvalue weighted by Gasteiger charge is -2.45. The number of hydrogen-bond acceptors (Lipinski definition) is 6. The zero-order valence-electron chi connectivity index (χ0n) is 14.8. The Kier molecular flexibility index (Phi) is 5.90. The van der Waals surface area contributed by atoms with Gasteiger partial charge in [0.2, 0.25) is 11.8 Å². The quantitative estimate of drug-likeness (QED) is 0.424. The Morgan fingerprint density at radius 3 is 2.72 bits per heavy atom. The first-order valence-corrected chi connectivity index (χ1v) is 9.77. The average Bonchev–Trinajstić information content (AvgIpc) is 2.61. The first-order chi connectivity index (χ1) is 12.1. The molecule has 0 spiro atoms. The van der Waals surface area contributed by atoms with Crippen molar-refractivity contribution in [3.8, 4) is 0 Å². The molecule has 2 amide bonds. The highest BCUT2D eigenvalue weighted by molar-refractivity contribution is 7.99. The lowest BCUT2D eigenvalue weighted by Crippen LogP contribution is -2.65. The van der Waals surface area contributed by atoms with Gasteiger partial charge in [-0.1, -0.05) is 25.1 Å². The third-order valence-corrected chi connectivity index (χ3v) is 5.60. The molecule has 0 radical (unpaired) electrons. The van der Waals surface area contributed by atoms with Gasteiger partial charge in [0.05, 0.1) is 6.54 Å². The Morgan fingerprint density at radius 2 is 2.00 bits per heavy atom. The summed E-state index contributed by atoms with van der Waals surface area (Å²) in [5.41, 5.74) is 1.04. The maximum atomic E-state index is 12.4. The van der Waals surface area contributed by atoms with Crippen LogP contribution in [0.5, 0.6) is 0 Å². The summed E-state index contributed by atoms with van der Waals surface area (Å²) < 4.78 is 0. The average molecular weight is 363 g/mol. The highest BCUT2D eigenvalue weighted by Crippen LogP contribution is 2.19. The third kappa shape index (κ3) is 4.30. The SMILES string of the molecule is CCCCSc1ncc(CN2CCN3C(=O)CN(C)C(=O)C3C2)cn1. The number of fused-ring (bicyclic) bond motifs is 1. The predicted molar refractivity (Wildman–Crippen MR) is 96.1 cm³/mol. The minimum Gasteiger partial charge on any atom is -0.335 e. The van der Waals surface area contributed by atoms with E-state index in [1.54, 1.807) is 23.7 Å². The van der Waals surface area contributed by atoms with E-state index in [4.69, 9.17) is 0 Å². The lowest BCUT2D eigenvalue weighted by atomic mass is 10.1. The molecule has 2 aliphatic heterocycles. The predicted octanol–water partition coefficient (Wildman–Crippen LogP) is 0.854. The molecule has 1 aromatic heterocycles. The molecule has 136 valence electrons. The second-order valence-corrected chi connectivity index (χ2v) is 7.67. The number of likely N-dealkylation sites (N-methyl/N-ethyl adjacent to an activating group) is 1. The Hall–Kier alpha value is -1.67. The fourth-order valence-corrected chi connectivity index (χ4v) is 4.05. The Bertz CT molecular complexity index is 624. The molecule has 1 atom stereocenters. The number of nitrogens with zero attached hydrogens (tertiary/aromatic N) is 5. The molecular weight excluding hydrogens is 338 g/mol. The summed E-state index contributed by atoms with van der Waals surface area (Å²) in [7, 11) is 1.69. The van der Waals surface area contributed by atoms with Crippen molar-refractivity contribution in [1.82, 2.24) is 24.7 Å². The summed E-state index contributed by atoms with van der Waals surface area (Å²) in [5.74, 6) is 1.12. The van der Waals surface area contributed by atoms with Crippen molar-refractivity contribution in [3.05, 3.63) is 18.0 Å². The summed E-state index contributed by atoms with van der Waals surface area (Å²) in [6.07, 6.45) is 6.08. The molecule has 0 aromatic carbocycles. The van der Waals surface area contributed by atoms with Crippen molar-refractivity contribution < 1.29 is 9.59 Å². The van der Waals surface area contributed by atoms with E-state index in [2.05, 4.69) is 21.8 Å². The summed E-state index contributed by atoms with van der Waals surface area (Å²) in [5, 5.41) is 0.816. The van der Waals surface area contributed by atoms with Crippen molar-refractivity contribution >= 4 is 23.6 Å². The number of rotatable bonds is 6. The summed E-state index contributed by atoms with van der Waals surface area (Å²) >= 11 is 1.69. The highest BCUT2D eigenvalue weighted by Gasteiger charge is 2.41. The van der Waals surface area contributed by atoms with E-state index in [1.807, 2.05) is 12.4 Å². The fourth-order valence-electron chi connectivity index (χ4n) is 3.18. The van der Waals surface area contributed by atoms with Gasteiger partial charge in [0.25, 0.3) is 0 Å². The van der Waals surface area contributed by atoms with Crippen LogP contribution in [0.15, 0.2) is 17.6 Å². The second-order valence-electron chi connectivity index (χ2n) is 6.61. The maximum Gasteiger partial charge on any atom is 0.246 e. The molecular formula is C17H25N5O2S. The van der Waals surface area contributed by atoms with Gasteiger partial charge in [0.1, 0.15) is 6.04 Å². The van der Waals surface area contributed by atoms with Gasteiger partial charge in [-0.25, -0.2) is 9.97 Å². The second kappa shape index (κ2) is 8.14. The highest BCUT2D eigenvalue weighted by atomic mass is 32.2. The van der Waals surface area contributed by atoms with Crippen LogP contribution in [-0.2, 0) is 16.1 Å². The minimum absolute atomic E-state index is 0.0308. The zero-order chi connectivity index (χ0) is 17.8. The number of carbonyl (C=O) groups excluding carboxylic acids is 2. The number of piperazine rings is 2. The zero-order valence-corrected chi connectivity index (χ0v) is 15.7. The van der Waals surface area contributed by atoms with Crippen LogP contribution in [0.1, 0.15) is 25.3 Å². The molecule has 2 aliphatic rings. The van der Waals surface area contributed by atoms with Crippen LogP contribution in [0.25, 0.3) is 0 Å². The molecule has 7 nitrogen and oxygen atoms in total. The van der Waals surface area contributed by atoms with Gasteiger partial charge in [-0.3, -0.25) is 14.5 Å². The monoisotopic (exact) mass is 363 g/mol. The molecule has 1 unspecified atom stereocenters. The molecule has 2 saturated heterocycles. The Morgan fingerprint density at radius 1 is 1.24 bits per heavy atom. The first-order valence-electron chi connectivity index (χ1n) is 8.79. The minimum atomic E-state index is -0.357. The van der Waals surface area contributed by atoms with Crippen molar-refractivity contribution in [1.29, 1.82) is 0 Å². The van der Waals surface area contributed by atoms with E-state index in [1.165, 1.54) is 17.7 Å². The van der Waals surface area contributed by atoms with Crippen molar-refractivity contribution in [3.63, 3.8) is 0 Å². The van der Waals surface area contributed by atoms with Gasteiger partial charge in [-0.15, -0.1) is 0 Å². The normalized spacial score (nSPS) is 21.6. The van der Waals surface area contributed by atoms with E-state index in [0.29, 0.717) is 19.6 Å². The van der Waals surface area contributed by atoms with Gasteiger partial charge in [-0.05, 0) is 6.42 Å². The van der Waals surface area contributed by atoms with Crippen molar-refractivity contribution in [2.45, 2.75) is 37.5 Å². The first kappa shape index (κ1) is 18.1. The molecule has 0 bridgehead atoms. The number of unbranched alkanes of at least 4 members (excludes halogenated alkanes) is 1.